The van der Waals surface area contributed by atoms with Gasteiger partial charge in [-0.25, -0.2) is 4.79 Å². The first-order valence-corrected chi connectivity index (χ1v) is 9.20. The molecule has 1 aliphatic heterocycles. The molecule has 2 aromatic carbocycles. The van der Waals surface area contributed by atoms with Gasteiger partial charge in [0.2, 0.25) is 0 Å². The second kappa shape index (κ2) is 8.68. The molecule has 27 heavy (non-hydrogen) atoms. The normalized spacial score (nSPS) is 16.7. The van der Waals surface area contributed by atoms with Gasteiger partial charge in [-0.3, -0.25) is 4.79 Å². The summed E-state index contributed by atoms with van der Waals surface area (Å²) in [6.45, 7) is 3.21. The van der Waals surface area contributed by atoms with Crippen molar-refractivity contribution in [1.29, 1.82) is 0 Å². The highest BCUT2D eigenvalue weighted by Gasteiger charge is 2.23. The van der Waals surface area contributed by atoms with Crippen molar-refractivity contribution in [3.05, 3.63) is 59.7 Å². The number of aryl methyl sites for hydroxylation is 1. The van der Waals surface area contributed by atoms with Crippen molar-refractivity contribution < 1.29 is 14.7 Å². The number of rotatable bonds is 4. The Hall–Kier alpha value is -2.86. The SMILES string of the molecule is Cc1ccc(C(=O)Nc2ccccc2)cc1NC(=O)N1CCCC(CO)C1. The van der Waals surface area contributed by atoms with E-state index in [-0.39, 0.29) is 24.5 Å². The maximum atomic E-state index is 12.6. The summed E-state index contributed by atoms with van der Waals surface area (Å²) in [6.07, 6.45) is 1.83. The molecule has 6 nitrogen and oxygen atoms in total. The number of nitrogens with one attached hydrogen (secondary N) is 2. The van der Waals surface area contributed by atoms with E-state index in [2.05, 4.69) is 10.6 Å². The number of hydrogen-bond acceptors (Lipinski definition) is 3. The zero-order chi connectivity index (χ0) is 19.2. The fourth-order valence-electron chi connectivity index (χ4n) is 3.22. The van der Waals surface area contributed by atoms with E-state index in [0.29, 0.717) is 24.3 Å². The number of anilines is 2. The Labute approximate surface area is 159 Å². The van der Waals surface area contributed by atoms with Gasteiger partial charge in [-0.1, -0.05) is 24.3 Å². The van der Waals surface area contributed by atoms with Crippen molar-refractivity contribution in [1.82, 2.24) is 4.90 Å². The number of hydrogen-bond donors (Lipinski definition) is 3. The Kier molecular flexibility index (Phi) is 6.08. The van der Waals surface area contributed by atoms with Gasteiger partial charge in [-0.2, -0.15) is 0 Å². The second-order valence-electron chi connectivity index (χ2n) is 6.92. The number of carbonyl (C=O) groups is 2. The van der Waals surface area contributed by atoms with Gasteiger partial charge < -0.3 is 20.6 Å². The molecule has 1 saturated heterocycles. The summed E-state index contributed by atoms with van der Waals surface area (Å²) in [7, 11) is 0. The van der Waals surface area contributed by atoms with Crippen LogP contribution in [0.5, 0.6) is 0 Å². The van der Waals surface area contributed by atoms with E-state index in [1.165, 1.54) is 0 Å². The molecule has 1 unspecified atom stereocenters. The third kappa shape index (κ3) is 4.86. The molecule has 1 atom stereocenters. The summed E-state index contributed by atoms with van der Waals surface area (Å²) >= 11 is 0. The Bertz CT molecular complexity index is 808. The third-order valence-corrected chi connectivity index (χ3v) is 4.84. The van der Waals surface area contributed by atoms with Crippen LogP contribution in [0.4, 0.5) is 16.2 Å². The molecule has 0 aromatic heterocycles. The largest absolute Gasteiger partial charge is 0.396 e. The molecule has 0 radical (unpaired) electrons. The van der Waals surface area contributed by atoms with E-state index in [9.17, 15) is 14.7 Å². The van der Waals surface area contributed by atoms with Crippen molar-refractivity contribution in [2.24, 2.45) is 5.92 Å². The van der Waals surface area contributed by atoms with Crippen molar-refractivity contribution in [2.75, 3.05) is 30.3 Å². The van der Waals surface area contributed by atoms with E-state index < -0.39 is 0 Å². The minimum Gasteiger partial charge on any atom is -0.396 e. The standard InChI is InChI=1S/C21H25N3O3/c1-15-9-10-17(20(26)22-18-7-3-2-4-8-18)12-19(15)23-21(27)24-11-5-6-16(13-24)14-25/h2-4,7-10,12,16,25H,5-6,11,13-14H2,1H3,(H,22,26)(H,23,27). The molecule has 142 valence electrons. The van der Waals surface area contributed by atoms with Gasteiger partial charge >= 0.3 is 6.03 Å². The van der Waals surface area contributed by atoms with Crippen LogP contribution in [0.25, 0.3) is 0 Å². The topological polar surface area (TPSA) is 81.7 Å². The Morgan fingerprint density at radius 1 is 1.15 bits per heavy atom. The first kappa shape index (κ1) is 18.9. The molecule has 0 spiro atoms. The lowest BCUT2D eigenvalue weighted by Gasteiger charge is -2.32. The van der Waals surface area contributed by atoms with E-state index in [4.69, 9.17) is 0 Å². The molecule has 1 heterocycles. The van der Waals surface area contributed by atoms with Crippen molar-refractivity contribution in [2.45, 2.75) is 19.8 Å². The molecule has 0 saturated carbocycles. The highest BCUT2D eigenvalue weighted by atomic mass is 16.3. The number of nitrogens with zero attached hydrogens (tertiary/aromatic N) is 1. The molecule has 3 amide bonds. The Morgan fingerprint density at radius 2 is 1.93 bits per heavy atom. The first-order chi connectivity index (χ1) is 13.1. The number of para-hydroxylation sites is 1. The van der Waals surface area contributed by atoms with Crippen LogP contribution in [0, 0.1) is 12.8 Å². The summed E-state index contributed by atoms with van der Waals surface area (Å²) in [5.74, 6) is -0.0939. The Balaban J connectivity index is 1.69. The van der Waals surface area contributed by atoms with Crippen LogP contribution in [0.3, 0.4) is 0 Å². The zero-order valence-electron chi connectivity index (χ0n) is 15.4. The Morgan fingerprint density at radius 3 is 2.67 bits per heavy atom. The zero-order valence-corrected chi connectivity index (χ0v) is 15.4. The number of aliphatic hydroxyl groups is 1. The maximum absolute atomic E-state index is 12.6. The molecule has 2 aromatic rings. The molecular formula is C21H25N3O3. The highest BCUT2D eigenvalue weighted by Crippen LogP contribution is 2.21. The number of piperidine rings is 1. The van der Waals surface area contributed by atoms with Gasteiger partial charge in [0.25, 0.3) is 5.91 Å². The van der Waals surface area contributed by atoms with Crippen LogP contribution in [0.2, 0.25) is 0 Å². The molecule has 0 bridgehead atoms. The van der Waals surface area contributed by atoms with Crippen LogP contribution in [0.1, 0.15) is 28.8 Å². The van der Waals surface area contributed by atoms with Crippen molar-refractivity contribution in [3.8, 4) is 0 Å². The monoisotopic (exact) mass is 367 g/mol. The van der Waals surface area contributed by atoms with Gasteiger partial charge in [0.05, 0.1) is 0 Å². The third-order valence-electron chi connectivity index (χ3n) is 4.84. The van der Waals surface area contributed by atoms with E-state index in [1.54, 1.807) is 17.0 Å². The maximum Gasteiger partial charge on any atom is 0.321 e. The lowest BCUT2D eigenvalue weighted by molar-refractivity contribution is 0.102. The van der Waals surface area contributed by atoms with E-state index in [1.807, 2.05) is 43.3 Å². The number of benzene rings is 2. The minimum absolute atomic E-state index is 0.0952. The average molecular weight is 367 g/mol. The van der Waals surface area contributed by atoms with E-state index in [0.717, 1.165) is 24.1 Å². The second-order valence-corrected chi connectivity index (χ2v) is 6.92. The fraction of sp³-hybridized carbons (Fsp3) is 0.333. The van der Waals surface area contributed by atoms with E-state index >= 15 is 0 Å². The smallest absolute Gasteiger partial charge is 0.321 e. The molecule has 1 fully saturated rings. The van der Waals surface area contributed by atoms with Crippen LogP contribution < -0.4 is 10.6 Å². The van der Waals surface area contributed by atoms with Crippen LogP contribution in [0.15, 0.2) is 48.5 Å². The average Bonchev–Trinajstić information content (AvgIpc) is 2.70. The summed E-state index contributed by atoms with van der Waals surface area (Å²) in [5.41, 5.74) is 2.70. The lowest BCUT2D eigenvalue weighted by Crippen LogP contribution is -2.43. The number of likely N-dealkylation sites (tertiary alicyclic amines) is 1. The molecule has 3 rings (SSSR count). The van der Waals surface area contributed by atoms with Crippen LogP contribution >= 0.6 is 0 Å². The lowest BCUT2D eigenvalue weighted by atomic mass is 9.99. The van der Waals surface area contributed by atoms with Gasteiger partial charge in [0, 0.05) is 36.6 Å². The number of amides is 3. The van der Waals surface area contributed by atoms with Crippen LogP contribution in [-0.4, -0.2) is 41.6 Å². The quantitative estimate of drug-likeness (QED) is 0.774. The molecular weight excluding hydrogens is 342 g/mol. The van der Waals surface area contributed by atoms with Gasteiger partial charge in [0.1, 0.15) is 0 Å². The van der Waals surface area contributed by atoms with Gasteiger partial charge in [-0.05, 0) is 55.5 Å². The molecule has 0 aliphatic carbocycles. The van der Waals surface area contributed by atoms with Gasteiger partial charge in [-0.15, -0.1) is 0 Å². The number of aliphatic hydroxyl groups excluding tert-OH is 1. The predicted octanol–water partition coefficient (Wildman–Crippen LogP) is 3.48. The number of urea groups is 1. The molecule has 3 N–H and O–H groups in total. The fourth-order valence-corrected chi connectivity index (χ4v) is 3.22. The summed E-state index contributed by atoms with van der Waals surface area (Å²) in [4.78, 5) is 26.8. The molecule has 1 aliphatic rings. The first-order valence-electron chi connectivity index (χ1n) is 9.20. The minimum atomic E-state index is -0.227. The van der Waals surface area contributed by atoms with Crippen LogP contribution in [-0.2, 0) is 0 Å². The summed E-state index contributed by atoms with van der Waals surface area (Å²) in [5, 5.41) is 15.1. The van der Waals surface area contributed by atoms with Crippen molar-refractivity contribution in [3.63, 3.8) is 0 Å². The summed E-state index contributed by atoms with van der Waals surface area (Å²) in [6, 6.07) is 14.3. The number of carbonyl (C=O) groups excluding carboxylic acids is 2. The predicted molar refractivity (Wildman–Crippen MR) is 106 cm³/mol. The highest BCUT2D eigenvalue weighted by molar-refractivity contribution is 6.05. The summed E-state index contributed by atoms with van der Waals surface area (Å²) < 4.78 is 0. The molecule has 6 heteroatoms. The van der Waals surface area contributed by atoms with Crippen molar-refractivity contribution >= 4 is 23.3 Å². The van der Waals surface area contributed by atoms with Gasteiger partial charge in [0.15, 0.2) is 0 Å².